The van der Waals surface area contributed by atoms with Crippen molar-refractivity contribution in [2.75, 3.05) is 32.7 Å². The Kier molecular flexibility index (Phi) is 8.18. The lowest BCUT2D eigenvalue weighted by Crippen LogP contribution is -2.53. The Morgan fingerprint density at radius 3 is 1.95 bits per heavy atom. The number of rotatable bonds is 5. The van der Waals surface area contributed by atoms with Crippen molar-refractivity contribution in [3.8, 4) is 0 Å². The smallest absolute Gasteiger partial charge is 0.369 e. The zero-order chi connectivity index (χ0) is 30.4. The zero-order valence-electron chi connectivity index (χ0n) is 22.1. The van der Waals surface area contributed by atoms with Crippen LogP contribution in [0.15, 0.2) is 48.5 Å². The maximum Gasteiger partial charge on any atom is 0.430 e. The molecule has 0 unspecified atom stereocenters. The van der Waals surface area contributed by atoms with E-state index in [0.717, 1.165) is 12.1 Å². The lowest BCUT2D eigenvalue weighted by atomic mass is 9.71. The van der Waals surface area contributed by atoms with Gasteiger partial charge in [0.1, 0.15) is 5.82 Å². The number of likely N-dealkylation sites (tertiary alicyclic amines) is 2. The van der Waals surface area contributed by atoms with E-state index in [1.807, 2.05) is 0 Å². The van der Waals surface area contributed by atoms with E-state index in [9.17, 15) is 45.4 Å². The summed E-state index contributed by atoms with van der Waals surface area (Å²) in [6, 6.07) is 8.92. The molecule has 2 heterocycles. The van der Waals surface area contributed by atoms with Crippen molar-refractivity contribution in [1.82, 2.24) is 9.80 Å². The number of piperidine rings is 1. The molecule has 0 aliphatic carbocycles. The van der Waals surface area contributed by atoms with Gasteiger partial charge >= 0.3 is 12.4 Å². The van der Waals surface area contributed by atoms with Gasteiger partial charge in [-0.3, -0.25) is 9.59 Å². The van der Waals surface area contributed by atoms with Crippen molar-refractivity contribution < 1.29 is 45.4 Å². The van der Waals surface area contributed by atoms with Gasteiger partial charge in [-0.25, -0.2) is 4.39 Å². The molecule has 13 heteroatoms. The number of hydrogen-bond acceptors (Lipinski definition) is 4. The summed E-state index contributed by atoms with van der Waals surface area (Å²) in [6.07, 6.45) is -11.2. The van der Waals surface area contributed by atoms with E-state index in [1.165, 1.54) is 24.3 Å². The Bertz CT molecular complexity index is 1240. The van der Waals surface area contributed by atoms with Crippen LogP contribution in [0.4, 0.5) is 30.7 Å². The molecule has 4 rings (SSSR count). The van der Waals surface area contributed by atoms with E-state index in [4.69, 9.17) is 5.73 Å². The van der Waals surface area contributed by atoms with Crippen LogP contribution < -0.4 is 5.73 Å². The third kappa shape index (κ3) is 5.53. The predicted octanol–water partition coefficient (Wildman–Crippen LogP) is 4.22. The van der Waals surface area contributed by atoms with Crippen LogP contribution in [0.1, 0.15) is 42.4 Å². The second-order valence-corrected chi connectivity index (χ2v) is 10.9. The maximum absolute atomic E-state index is 13.7. The van der Waals surface area contributed by atoms with Crippen LogP contribution in [0.2, 0.25) is 0 Å². The molecular weight excluding hydrogens is 559 g/mol. The second kappa shape index (κ2) is 10.9. The van der Waals surface area contributed by atoms with Gasteiger partial charge < -0.3 is 20.6 Å². The molecule has 0 radical (unpaired) electrons. The molecule has 224 valence electrons. The van der Waals surface area contributed by atoms with Crippen LogP contribution in [0, 0.1) is 11.7 Å². The van der Waals surface area contributed by atoms with Crippen molar-refractivity contribution in [2.24, 2.45) is 11.7 Å². The standard InChI is InChI=1S/C28H30F7N3O3/c1-25(19-6-8-21(29)9-7-19)16-38(24(40)18-10-12-37(13-11-18)23(39)14-36)15-22(25)17-2-4-20(5-3-17)26(41,27(30,31)32)28(33,34)35/h2-9,18,22,41H,10-16,36H2,1H3/t22-,25+/m0/s1. The molecule has 0 spiro atoms. The Morgan fingerprint density at radius 1 is 0.927 bits per heavy atom. The largest absolute Gasteiger partial charge is 0.430 e. The van der Waals surface area contributed by atoms with Gasteiger partial charge in [0.2, 0.25) is 11.8 Å². The van der Waals surface area contributed by atoms with Crippen molar-refractivity contribution in [2.45, 2.75) is 49.1 Å². The third-order valence-electron chi connectivity index (χ3n) is 8.43. The molecule has 2 aromatic rings. The molecule has 2 saturated heterocycles. The molecule has 0 aromatic heterocycles. The molecule has 6 nitrogen and oxygen atoms in total. The number of nitrogens with two attached hydrogens (primary N) is 1. The first-order valence-electron chi connectivity index (χ1n) is 13.0. The quantitative estimate of drug-likeness (QED) is 0.512. The van der Waals surface area contributed by atoms with Crippen molar-refractivity contribution in [3.05, 3.63) is 71.0 Å². The number of carbonyl (C=O) groups is 2. The lowest BCUT2D eigenvalue weighted by Gasteiger charge is -2.34. The highest BCUT2D eigenvalue weighted by Gasteiger charge is 2.71. The summed E-state index contributed by atoms with van der Waals surface area (Å²) in [7, 11) is 0. The zero-order valence-corrected chi connectivity index (χ0v) is 22.1. The van der Waals surface area contributed by atoms with Crippen LogP contribution in [0.25, 0.3) is 0 Å². The number of alkyl halides is 6. The van der Waals surface area contributed by atoms with Crippen LogP contribution >= 0.6 is 0 Å². The van der Waals surface area contributed by atoms with Crippen LogP contribution in [-0.2, 0) is 20.6 Å². The number of halogens is 7. The van der Waals surface area contributed by atoms with E-state index < -0.39 is 40.7 Å². The van der Waals surface area contributed by atoms with Crippen LogP contribution in [0.5, 0.6) is 0 Å². The average molecular weight is 590 g/mol. The number of aliphatic hydroxyl groups is 1. The SMILES string of the molecule is C[C@]1(c2ccc(F)cc2)CN(C(=O)C2CCN(C(=O)CN)CC2)C[C@H]1c1ccc(C(O)(C(F)(F)F)C(F)(F)F)cc1. The number of nitrogens with zero attached hydrogens (tertiary/aromatic N) is 2. The minimum atomic E-state index is -6.02. The Balaban J connectivity index is 1.65. The van der Waals surface area contributed by atoms with Crippen molar-refractivity contribution in [3.63, 3.8) is 0 Å². The van der Waals surface area contributed by atoms with E-state index in [-0.39, 0.29) is 37.4 Å². The highest BCUT2D eigenvalue weighted by molar-refractivity contribution is 5.81. The summed E-state index contributed by atoms with van der Waals surface area (Å²) in [5.74, 6) is -1.85. The van der Waals surface area contributed by atoms with Gasteiger partial charge in [0.05, 0.1) is 6.54 Å². The first-order chi connectivity index (χ1) is 19.0. The topological polar surface area (TPSA) is 86.9 Å². The highest BCUT2D eigenvalue weighted by Crippen LogP contribution is 2.51. The fraction of sp³-hybridized carbons (Fsp3) is 0.500. The first-order valence-corrected chi connectivity index (χ1v) is 13.0. The minimum Gasteiger partial charge on any atom is -0.369 e. The fourth-order valence-corrected chi connectivity index (χ4v) is 5.97. The molecule has 0 bridgehead atoms. The fourth-order valence-electron chi connectivity index (χ4n) is 5.97. The van der Waals surface area contributed by atoms with Crippen LogP contribution in [-0.4, -0.2) is 71.8 Å². The molecule has 41 heavy (non-hydrogen) atoms. The summed E-state index contributed by atoms with van der Waals surface area (Å²) in [6.45, 7) is 2.67. The van der Waals surface area contributed by atoms with Gasteiger partial charge in [0, 0.05) is 49.0 Å². The monoisotopic (exact) mass is 589 g/mol. The number of benzene rings is 2. The molecule has 2 aliphatic rings. The molecule has 2 aromatic carbocycles. The molecule has 2 amide bonds. The summed E-state index contributed by atoms with van der Waals surface area (Å²) in [4.78, 5) is 28.7. The molecule has 2 fully saturated rings. The molecule has 2 atom stereocenters. The highest BCUT2D eigenvalue weighted by atomic mass is 19.4. The molecule has 0 saturated carbocycles. The van der Waals surface area contributed by atoms with Crippen molar-refractivity contribution in [1.29, 1.82) is 0 Å². The normalized spacial score (nSPS) is 22.7. The van der Waals surface area contributed by atoms with Gasteiger partial charge in [0.15, 0.2) is 0 Å². The van der Waals surface area contributed by atoms with E-state index >= 15 is 0 Å². The van der Waals surface area contributed by atoms with Gasteiger partial charge in [-0.1, -0.05) is 43.3 Å². The Labute approximate surface area is 231 Å². The summed E-state index contributed by atoms with van der Waals surface area (Å²) >= 11 is 0. The summed E-state index contributed by atoms with van der Waals surface area (Å²) in [5, 5.41) is 9.78. The van der Waals surface area contributed by atoms with Crippen molar-refractivity contribution >= 4 is 11.8 Å². The molecule has 2 aliphatic heterocycles. The lowest BCUT2D eigenvalue weighted by molar-refractivity contribution is -0.376. The first kappa shape index (κ1) is 30.8. The van der Waals surface area contributed by atoms with E-state index in [1.54, 1.807) is 16.7 Å². The molecular formula is C28H30F7N3O3. The summed E-state index contributed by atoms with van der Waals surface area (Å²) in [5.41, 5.74) is -0.901. The third-order valence-corrected chi connectivity index (χ3v) is 8.43. The number of amides is 2. The van der Waals surface area contributed by atoms with E-state index in [2.05, 4.69) is 0 Å². The van der Waals surface area contributed by atoms with Crippen LogP contribution in [0.3, 0.4) is 0 Å². The number of hydrogen-bond donors (Lipinski definition) is 2. The van der Waals surface area contributed by atoms with E-state index in [0.29, 0.717) is 49.2 Å². The Morgan fingerprint density at radius 2 is 1.46 bits per heavy atom. The maximum atomic E-state index is 13.7. The second-order valence-electron chi connectivity index (χ2n) is 10.9. The summed E-state index contributed by atoms with van der Waals surface area (Å²) < 4.78 is 94.1. The predicted molar refractivity (Wildman–Crippen MR) is 134 cm³/mol. The van der Waals surface area contributed by atoms with Gasteiger partial charge in [-0.15, -0.1) is 0 Å². The van der Waals surface area contributed by atoms with Gasteiger partial charge in [-0.05, 0) is 36.1 Å². The molecule has 3 N–H and O–H groups in total. The Hall–Kier alpha value is -3.19. The van der Waals surface area contributed by atoms with Gasteiger partial charge in [0.25, 0.3) is 5.60 Å². The minimum absolute atomic E-state index is 0.108. The number of carbonyl (C=O) groups excluding carboxylic acids is 2. The van der Waals surface area contributed by atoms with Gasteiger partial charge in [-0.2, -0.15) is 26.3 Å². The average Bonchev–Trinajstić information content (AvgIpc) is 3.29.